The molecule has 1 aliphatic heterocycles. The van der Waals surface area contributed by atoms with Crippen molar-refractivity contribution in [1.29, 1.82) is 0 Å². The molecular formula is C12H19ClN4. The molecule has 17 heavy (non-hydrogen) atoms. The summed E-state index contributed by atoms with van der Waals surface area (Å²) in [6, 6.07) is 0.557. The summed E-state index contributed by atoms with van der Waals surface area (Å²) in [6.45, 7) is 2.15. The Bertz CT molecular complexity index is 352. The van der Waals surface area contributed by atoms with Crippen molar-refractivity contribution >= 4 is 17.4 Å². The number of hydrogen-bond donors (Lipinski definition) is 0. The standard InChI is InChI=1S/C12H19ClN4/c1-16(2)9-11-4-3-5-17(11)12-8-14-10(6-13)7-15-12/h7-8,11H,3-6,9H2,1-2H3. The second-order valence-electron chi connectivity index (χ2n) is 4.75. The Balaban J connectivity index is 2.08. The molecule has 1 atom stereocenters. The van der Waals surface area contributed by atoms with Gasteiger partial charge in [-0.05, 0) is 26.9 Å². The van der Waals surface area contributed by atoms with Crippen LogP contribution in [0.4, 0.5) is 5.82 Å². The van der Waals surface area contributed by atoms with Crippen LogP contribution in [0.1, 0.15) is 18.5 Å². The van der Waals surface area contributed by atoms with Gasteiger partial charge in [0.1, 0.15) is 5.82 Å². The minimum absolute atomic E-state index is 0.425. The summed E-state index contributed by atoms with van der Waals surface area (Å²) >= 11 is 5.71. The topological polar surface area (TPSA) is 32.3 Å². The molecule has 1 aromatic heterocycles. The number of nitrogens with zero attached hydrogens (tertiary/aromatic N) is 4. The van der Waals surface area contributed by atoms with E-state index >= 15 is 0 Å². The third-order valence-corrected chi connectivity index (χ3v) is 3.35. The van der Waals surface area contributed by atoms with Gasteiger partial charge < -0.3 is 9.80 Å². The lowest BCUT2D eigenvalue weighted by molar-refractivity contribution is 0.371. The third kappa shape index (κ3) is 3.07. The van der Waals surface area contributed by atoms with Crippen LogP contribution in [0.2, 0.25) is 0 Å². The van der Waals surface area contributed by atoms with E-state index in [4.69, 9.17) is 11.6 Å². The number of hydrogen-bond acceptors (Lipinski definition) is 4. The van der Waals surface area contributed by atoms with Crippen molar-refractivity contribution in [2.45, 2.75) is 24.8 Å². The highest BCUT2D eigenvalue weighted by atomic mass is 35.5. The second kappa shape index (κ2) is 5.65. The molecule has 0 radical (unpaired) electrons. The molecule has 0 N–H and O–H groups in total. The van der Waals surface area contributed by atoms with Gasteiger partial charge in [0.25, 0.3) is 0 Å². The average molecular weight is 255 g/mol. The number of halogens is 1. The van der Waals surface area contributed by atoms with E-state index < -0.39 is 0 Å². The van der Waals surface area contributed by atoms with E-state index in [1.807, 2.05) is 6.20 Å². The van der Waals surface area contributed by atoms with Crippen molar-refractivity contribution in [3.8, 4) is 0 Å². The number of alkyl halides is 1. The number of aromatic nitrogens is 2. The van der Waals surface area contributed by atoms with Crippen LogP contribution in [-0.4, -0.2) is 48.1 Å². The van der Waals surface area contributed by atoms with Gasteiger partial charge in [-0.2, -0.15) is 0 Å². The maximum absolute atomic E-state index is 5.71. The van der Waals surface area contributed by atoms with E-state index in [9.17, 15) is 0 Å². The van der Waals surface area contributed by atoms with Gasteiger partial charge >= 0.3 is 0 Å². The van der Waals surface area contributed by atoms with Gasteiger partial charge in [0.15, 0.2) is 0 Å². The summed E-state index contributed by atoms with van der Waals surface area (Å²) < 4.78 is 0. The van der Waals surface area contributed by atoms with Crippen molar-refractivity contribution in [3.63, 3.8) is 0 Å². The van der Waals surface area contributed by atoms with Crippen LogP contribution in [0.5, 0.6) is 0 Å². The van der Waals surface area contributed by atoms with Crippen LogP contribution in [0.15, 0.2) is 12.4 Å². The van der Waals surface area contributed by atoms with E-state index in [1.54, 1.807) is 6.20 Å². The molecule has 1 aliphatic rings. The molecule has 1 saturated heterocycles. The Labute approximate surface area is 108 Å². The van der Waals surface area contributed by atoms with Crippen molar-refractivity contribution in [1.82, 2.24) is 14.9 Å². The molecule has 0 bridgehead atoms. The van der Waals surface area contributed by atoms with E-state index in [0.717, 1.165) is 24.6 Å². The molecule has 0 aromatic carbocycles. The minimum Gasteiger partial charge on any atom is -0.351 e. The number of anilines is 1. The summed E-state index contributed by atoms with van der Waals surface area (Å²) in [4.78, 5) is 13.3. The molecule has 94 valence electrons. The monoisotopic (exact) mass is 254 g/mol. The minimum atomic E-state index is 0.425. The quantitative estimate of drug-likeness (QED) is 0.767. The summed E-state index contributed by atoms with van der Waals surface area (Å²) in [7, 11) is 4.22. The van der Waals surface area contributed by atoms with E-state index in [0.29, 0.717) is 11.9 Å². The van der Waals surface area contributed by atoms with Gasteiger partial charge in [-0.25, -0.2) is 4.98 Å². The lowest BCUT2D eigenvalue weighted by Gasteiger charge is -2.27. The third-order valence-electron chi connectivity index (χ3n) is 3.08. The molecular weight excluding hydrogens is 236 g/mol. The molecule has 2 heterocycles. The first-order chi connectivity index (χ1) is 8.20. The maximum Gasteiger partial charge on any atom is 0.147 e. The van der Waals surface area contributed by atoms with Crippen LogP contribution < -0.4 is 4.90 Å². The average Bonchev–Trinajstić information content (AvgIpc) is 2.76. The smallest absolute Gasteiger partial charge is 0.147 e. The molecule has 2 rings (SSSR count). The van der Waals surface area contributed by atoms with Crippen LogP contribution in [0.3, 0.4) is 0 Å². The van der Waals surface area contributed by atoms with Crippen molar-refractivity contribution in [2.75, 3.05) is 32.1 Å². The molecule has 0 amide bonds. The first-order valence-electron chi connectivity index (χ1n) is 5.99. The van der Waals surface area contributed by atoms with E-state index in [2.05, 4.69) is 33.9 Å². The highest BCUT2D eigenvalue weighted by Gasteiger charge is 2.26. The fourth-order valence-corrected chi connectivity index (χ4v) is 2.45. The van der Waals surface area contributed by atoms with Gasteiger partial charge in [-0.15, -0.1) is 11.6 Å². The highest BCUT2D eigenvalue weighted by molar-refractivity contribution is 6.16. The van der Waals surface area contributed by atoms with Crippen molar-refractivity contribution in [2.24, 2.45) is 0 Å². The van der Waals surface area contributed by atoms with Crippen LogP contribution in [-0.2, 0) is 5.88 Å². The zero-order valence-corrected chi connectivity index (χ0v) is 11.2. The molecule has 0 saturated carbocycles. The predicted octanol–water partition coefficient (Wildman–Crippen LogP) is 1.75. The summed E-state index contributed by atoms with van der Waals surface area (Å²) in [6.07, 6.45) is 6.08. The SMILES string of the molecule is CN(C)CC1CCCN1c1cnc(CCl)cn1. The fourth-order valence-electron chi connectivity index (χ4n) is 2.31. The largest absolute Gasteiger partial charge is 0.351 e. The van der Waals surface area contributed by atoms with Crippen molar-refractivity contribution in [3.05, 3.63) is 18.1 Å². The van der Waals surface area contributed by atoms with Crippen LogP contribution in [0, 0.1) is 0 Å². The Hall–Kier alpha value is -0.870. The number of rotatable bonds is 4. The van der Waals surface area contributed by atoms with Gasteiger partial charge in [-0.3, -0.25) is 4.98 Å². The van der Waals surface area contributed by atoms with Gasteiger partial charge in [-0.1, -0.05) is 0 Å². The number of likely N-dealkylation sites (N-methyl/N-ethyl adjacent to an activating group) is 1. The summed E-state index contributed by atoms with van der Waals surface area (Å²) in [5.74, 6) is 1.40. The Morgan fingerprint density at radius 2 is 2.24 bits per heavy atom. The highest BCUT2D eigenvalue weighted by Crippen LogP contribution is 2.23. The van der Waals surface area contributed by atoms with Gasteiger partial charge in [0.2, 0.25) is 0 Å². The Morgan fingerprint density at radius 1 is 1.41 bits per heavy atom. The van der Waals surface area contributed by atoms with Gasteiger partial charge in [0, 0.05) is 19.1 Å². The first-order valence-corrected chi connectivity index (χ1v) is 6.52. The first kappa shape index (κ1) is 12.6. The molecule has 1 aromatic rings. The lowest BCUT2D eigenvalue weighted by Crippen LogP contribution is -2.38. The Kier molecular flexibility index (Phi) is 4.18. The zero-order chi connectivity index (χ0) is 12.3. The van der Waals surface area contributed by atoms with Crippen LogP contribution >= 0.6 is 11.6 Å². The maximum atomic E-state index is 5.71. The van der Waals surface area contributed by atoms with Gasteiger partial charge in [0.05, 0.1) is 24.0 Å². The second-order valence-corrected chi connectivity index (χ2v) is 5.02. The molecule has 0 aliphatic carbocycles. The predicted molar refractivity (Wildman–Crippen MR) is 70.5 cm³/mol. The Morgan fingerprint density at radius 3 is 2.82 bits per heavy atom. The fraction of sp³-hybridized carbons (Fsp3) is 0.667. The van der Waals surface area contributed by atoms with E-state index in [-0.39, 0.29) is 0 Å². The normalized spacial score (nSPS) is 20.2. The molecule has 1 unspecified atom stereocenters. The summed E-state index contributed by atoms with van der Waals surface area (Å²) in [5.41, 5.74) is 0.832. The van der Waals surface area contributed by atoms with E-state index in [1.165, 1.54) is 12.8 Å². The molecule has 5 heteroatoms. The molecule has 1 fully saturated rings. The molecule has 0 spiro atoms. The summed E-state index contributed by atoms with van der Waals surface area (Å²) in [5, 5.41) is 0. The van der Waals surface area contributed by atoms with Crippen LogP contribution in [0.25, 0.3) is 0 Å². The zero-order valence-electron chi connectivity index (χ0n) is 10.4. The lowest BCUT2D eigenvalue weighted by atomic mass is 10.2. The van der Waals surface area contributed by atoms with Crippen molar-refractivity contribution < 1.29 is 0 Å². The molecule has 4 nitrogen and oxygen atoms in total.